The molecule has 2 N–H and O–H groups in total. The lowest BCUT2D eigenvalue weighted by Gasteiger charge is -2.13. The fourth-order valence-corrected chi connectivity index (χ4v) is 4.25. The maximum Gasteiger partial charge on any atom is 0.191 e. The van der Waals surface area contributed by atoms with E-state index in [2.05, 4.69) is 15.6 Å². The third kappa shape index (κ3) is 6.72. The third-order valence-electron chi connectivity index (χ3n) is 3.95. The molecule has 0 aliphatic carbocycles. The van der Waals surface area contributed by atoms with Crippen LogP contribution in [-0.4, -0.2) is 34.2 Å². The van der Waals surface area contributed by atoms with Gasteiger partial charge in [-0.2, -0.15) is 0 Å². The zero-order valence-electron chi connectivity index (χ0n) is 15.5. The van der Waals surface area contributed by atoms with E-state index in [1.165, 1.54) is 6.26 Å². The highest BCUT2D eigenvalue weighted by Crippen LogP contribution is 2.19. The highest BCUT2D eigenvalue weighted by Gasteiger charge is 2.11. The molecule has 0 saturated carbocycles. The average Bonchev–Trinajstić information content (AvgIpc) is 2.56. The van der Waals surface area contributed by atoms with E-state index in [1.807, 2.05) is 18.2 Å². The van der Waals surface area contributed by atoms with Crippen LogP contribution in [0.2, 0.25) is 10.0 Å². The maximum atomic E-state index is 11.7. The van der Waals surface area contributed by atoms with E-state index < -0.39 is 9.84 Å². The minimum Gasteiger partial charge on any atom is -0.356 e. The first-order chi connectivity index (χ1) is 12.7. The fraction of sp³-hybridized carbons (Fsp3) is 0.316. The van der Waals surface area contributed by atoms with Crippen molar-refractivity contribution < 1.29 is 8.42 Å². The standard InChI is InChI=1S/C19H23Cl2N3O2S/c1-13-8-15(4-5-18(13)27(3,25)26)12-24-19(22-2)23-7-6-14-9-16(20)11-17(21)10-14/h4-5,8-11H,6-7,12H2,1-3H3,(H2,22,23,24). The van der Waals surface area contributed by atoms with E-state index in [4.69, 9.17) is 23.2 Å². The van der Waals surface area contributed by atoms with Crippen molar-refractivity contribution in [2.75, 3.05) is 19.8 Å². The molecule has 0 heterocycles. The molecule has 0 saturated heterocycles. The van der Waals surface area contributed by atoms with Crippen LogP contribution in [0.15, 0.2) is 46.3 Å². The molecule has 5 nitrogen and oxygen atoms in total. The molecule has 27 heavy (non-hydrogen) atoms. The minimum absolute atomic E-state index is 0.355. The summed E-state index contributed by atoms with van der Waals surface area (Å²) >= 11 is 12.0. The average molecular weight is 428 g/mol. The number of aliphatic imine (C=N–C) groups is 1. The van der Waals surface area contributed by atoms with Gasteiger partial charge in [-0.15, -0.1) is 0 Å². The van der Waals surface area contributed by atoms with Gasteiger partial charge in [0.15, 0.2) is 15.8 Å². The minimum atomic E-state index is -3.21. The summed E-state index contributed by atoms with van der Waals surface area (Å²) in [5, 5.41) is 7.69. The van der Waals surface area contributed by atoms with Gasteiger partial charge in [-0.05, 0) is 54.3 Å². The molecule has 0 aliphatic rings. The molecule has 0 spiro atoms. The summed E-state index contributed by atoms with van der Waals surface area (Å²) in [6, 6.07) is 10.8. The number of sulfone groups is 1. The number of aryl methyl sites for hydroxylation is 1. The number of hydrogen-bond donors (Lipinski definition) is 2. The van der Waals surface area contributed by atoms with E-state index in [9.17, 15) is 8.42 Å². The van der Waals surface area contributed by atoms with Crippen molar-refractivity contribution in [3.8, 4) is 0 Å². The van der Waals surface area contributed by atoms with Crippen LogP contribution < -0.4 is 10.6 Å². The molecule has 2 aromatic carbocycles. The van der Waals surface area contributed by atoms with Crippen LogP contribution in [0.4, 0.5) is 0 Å². The van der Waals surface area contributed by atoms with Crippen LogP contribution in [-0.2, 0) is 22.8 Å². The zero-order valence-corrected chi connectivity index (χ0v) is 17.8. The Balaban J connectivity index is 1.89. The summed E-state index contributed by atoms with van der Waals surface area (Å²) < 4.78 is 23.4. The number of nitrogens with one attached hydrogen (secondary N) is 2. The Labute approximate surface area is 170 Å². The van der Waals surface area contributed by atoms with Crippen LogP contribution in [0.5, 0.6) is 0 Å². The molecule has 0 fully saturated rings. The second-order valence-corrected chi connectivity index (χ2v) is 9.11. The lowest BCUT2D eigenvalue weighted by molar-refractivity contribution is 0.601. The quantitative estimate of drug-likeness (QED) is 0.545. The van der Waals surface area contributed by atoms with Gasteiger partial charge in [0, 0.05) is 36.4 Å². The van der Waals surface area contributed by atoms with Crippen LogP contribution in [0.25, 0.3) is 0 Å². The van der Waals surface area contributed by atoms with Gasteiger partial charge in [-0.25, -0.2) is 8.42 Å². The van der Waals surface area contributed by atoms with Gasteiger partial charge in [0.05, 0.1) is 4.90 Å². The molecule has 0 atom stereocenters. The number of benzene rings is 2. The van der Waals surface area contributed by atoms with E-state index in [1.54, 1.807) is 32.2 Å². The monoisotopic (exact) mass is 427 g/mol. The maximum absolute atomic E-state index is 11.7. The van der Waals surface area contributed by atoms with Gasteiger partial charge < -0.3 is 10.6 Å². The summed E-state index contributed by atoms with van der Waals surface area (Å²) in [7, 11) is -1.51. The van der Waals surface area contributed by atoms with E-state index >= 15 is 0 Å². The molecule has 0 unspecified atom stereocenters. The summed E-state index contributed by atoms with van der Waals surface area (Å²) in [6.07, 6.45) is 1.97. The van der Waals surface area contributed by atoms with Gasteiger partial charge in [-0.1, -0.05) is 35.3 Å². The van der Waals surface area contributed by atoms with E-state index in [0.717, 1.165) is 23.1 Å². The number of hydrogen-bond acceptors (Lipinski definition) is 3. The van der Waals surface area contributed by atoms with Gasteiger partial charge >= 0.3 is 0 Å². The number of nitrogens with zero attached hydrogens (tertiary/aromatic N) is 1. The Morgan fingerprint density at radius 1 is 1.04 bits per heavy atom. The highest BCUT2D eigenvalue weighted by atomic mass is 35.5. The summed E-state index contributed by atoms with van der Waals surface area (Å²) in [5.74, 6) is 0.660. The zero-order chi connectivity index (χ0) is 20.0. The lowest BCUT2D eigenvalue weighted by atomic mass is 10.1. The van der Waals surface area contributed by atoms with Gasteiger partial charge in [0.1, 0.15) is 0 Å². The molecule has 146 valence electrons. The first-order valence-electron chi connectivity index (χ1n) is 8.38. The Morgan fingerprint density at radius 2 is 1.70 bits per heavy atom. The Bertz CT molecular complexity index is 924. The molecule has 0 bridgehead atoms. The largest absolute Gasteiger partial charge is 0.356 e. The smallest absolute Gasteiger partial charge is 0.191 e. The third-order valence-corrected chi connectivity index (χ3v) is 5.64. The van der Waals surface area contributed by atoms with Gasteiger partial charge in [-0.3, -0.25) is 4.99 Å². The summed E-state index contributed by atoms with van der Waals surface area (Å²) in [5.41, 5.74) is 2.75. The topological polar surface area (TPSA) is 70.6 Å². The molecule has 0 aliphatic heterocycles. The van der Waals surface area contributed by atoms with Gasteiger partial charge in [0.25, 0.3) is 0 Å². The number of halogens is 2. The lowest BCUT2D eigenvalue weighted by Crippen LogP contribution is -2.37. The molecular weight excluding hydrogens is 405 g/mol. The van der Waals surface area contributed by atoms with Crippen molar-refractivity contribution in [3.05, 3.63) is 63.1 Å². The molecule has 0 aromatic heterocycles. The number of rotatable bonds is 6. The second kappa shape index (κ2) is 9.44. The molecular formula is C19H23Cl2N3O2S. The van der Waals surface area contributed by atoms with Crippen LogP contribution in [0, 0.1) is 6.92 Å². The molecule has 8 heteroatoms. The predicted molar refractivity (Wildman–Crippen MR) is 113 cm³/mol. The molecule has 2 rings (SSSR count). The Kier molecular flexibility index (Phi) is 7.53. The van der Waals surface area contributed by atoms with E-state index in [-0.39, 0.29) is 0 Å². The first kappa shape index (κ1) is 21.5. The van der Waals surface area contributed by atoms with Crippen molar-refractivity contribution in [2.24, 2.45) is 4.99 Å². The summed E-state index contributed by atoms with van der Waals surface area (Å²) in [4.78, 5) is 4.55. The van der Waals surface area contributed by atoms with Crippen molar-refractivity contribution >= 4 is 39.0 Å². The van der Waals surface area contributed by atoms with Crippen LogP contribution >= 0.6 is 23.2 Å². The van der Waals surface area contributed by atoms with E-state index in [0.29, 0.717) is 34.0 Å². The fourth-order valence-electron chi connectivity index (χ4n) is 2.72. The predicted octanol–water partition coefficient (Wildman–Crippen LogP) is 3.61. The van der Waals surface area contributed by atoms with Gasteiger partial charge in [0.2, 0.25) is 0 Å². The van der Waals surface area contributed by atoms with Crippen molar-refractivity contribution in [1.29, 1.82) is 0 Å². The first-order valence-corrected chi connectivity index (χ1v) is 11.0. The molecule has 2 aromatic rings. The Morgan fingerprint density at radius 3 is 2.26 bits per heavy atom. The molecule has 0 amide bonds. The van der Waals surface area contributed by atoms with Crippen molar-refractivity contribution in [1.82, 2.24) is 10.6 Å². The molecule has 0 radical (unpaired) electrons. The Hall–Kier alpha value is -1.76. The number of guanidine groups is 1. The van der Waals surface area contributed by atoms with Crippen LogP contribution in [0.1, 0.15) is 16.7 Å². The second-order valence-electron chi connectivity index (χ2n) is 6.25. The van der Waals surface area contributed by atoms with Crippen LogP contribution in [0.3, 0.4) is 0 Å². The summed E-state index contributed by atoms with van der Waals surface area (Å²) in [6.45, 7) is 3.00. The van der Waals surface area contributed by atoms with Crippen molar-refractivity contribution in [3.63, 3.8) is 0 Å². The highest BCUT2D eigenvalue weighted by molar-refractivity contribution is 7.90. The SMILES string of the molecule is CN=C(NCCc1cc(Cl)cc(Cl)c1)NCc1ccc(S(C)(=O)=O)c(C)c1. The van der Waals surface area contributed by atoms with Crippen molar-refractivity contribution in [2.45, 2.75) is 24.8 Å². The normalized spacial score (nSPS) is 12.1.